The molecule has 0 spiro atoms. The molecule has 2 heterocycles. The van der Waals surface area contributed by atoms with E-state index in [1.54, 1.807) is 12.3 Å². The monoisotopic (exact) mass is 384 g/mol. The molecule has 12 heteroatoms. The van der Waals surface area contributed by atoms with Crippen molar-refractivity contribution < 1.29 is 13.0 Å². The van der Waals surface area contributed by atoms with Crippen molar-refractivity contribution in [3.05, 3.63) is 41.0 Å². The van der Waals surface area contributed by atoms with Crippen molar-refractivity contribution >= 4 is 33.4 Å². The maximum atomic E-state index is 11.8. The smallest absolute Gasteiger partial charge is 0.294 e. The van der Waals surface area contributed by atoms with Gasteiger partial charge in [0.15, 0.2) is 6.19 Å². The molecule has 2 aromatic rings. The zero-order valence-corrected chi connectivity index (χ0v) is 14.3. The predicted octanol–water partition coefficient (Wildman–Crippen LogP) is 0.306. The fourth-order valence-electron chi connectivity index (χ4n) is 2.75. The standard InChI is InChI=1S/C15H12N8O3S/c16-5-8-11(18)10-12(7-3-1-2-4-9(7)27(24,25)26)21-15(20-6-17)23-14(10)22-13(8)19/h1-4,12H,(H,24,25,26)(H6,18,19,20,21,22,23). The Morgan fingerprint density at radius 3 is 2.59 bits per heavy atom. The Morgan fingerprint density at radius 1 is 1.26 bits per heavy atom. The molecular formula is C15H12N8O3S. The lowest BCUT2D eigenvalue weighted by Gasteiger charge is -2.26. The Labute approximate surface area is 153 Å². The average Bonchev–Trinajstić information content (AvgIpc) is 2.60. The van der Waals surface area contributed by atoms with Gasteiger partial charge in [-0.3, -0.25) is 9.87 Å². The van der Waals surface area contributed by atoms with Crippen molar-refractivity contribution in [1.29, 1.82) is 10.5 Å². The zero-order valence-electron chi connectivity index (χ0n) is 13.5. The molecule has 0 bridgehead atoms. The molecule has 1 aliphatic heterocycles. The van der Waals surface area contributed by atoms with Crippen LogP contribution < -0.4 is 22.1 Å². The van der Waals surface area contributed by atoms with E-state index in [-0.39, 0.29) is 40.0 Å². The molecule has 0 radical (unpaired) electrons. The summed E-state index contributed by atoms with van der Waals surface area (Å²) in [5.41, 5.74) is 12.0. The van der Waals surface area contributed by atoms with Gasteiger partial charge in [-0.1, -0.05) is 18.2 Å². The second-order valence-corrected chi connectivity index (χ2v) is 6.80. The Hall–Kier alpha value is -3.87. The Balaban J connectivity index is 2.35. The molecule has 1 aliphatic rings. The molecule has 1 aromatic heterocycles. The second kappa shape index (κ2) is 6.45. The molecule has 0 amide bonds. The lowest BCUT2D eigenvalue weighted by atomic mass is 9.95. The first-order chi connectivity index (χ1) is 12.8. The number of nitrogen functional groups attached to an aromatic ring is 2. The summed E-state index contributed by atoms with van der Waals surface area (Å²) in [7, 11) is -4.58. The normalized spacial score (nSPS) is 15.5. The number of anilines is 3. The summed E-state index contributed by atoms with van der Waals surface area (Å²) < 4.78 is 33.1. The lowest BCUT2D eigenvalue weighted by molar-refractivity contribution is 0.481. The number of nitrogens with zero attached hydrogens (tertiary/aromatic N) is 4. The van der Waals surface area contributed by atoms with Crippen molar-refractivity contribution in [2.75, 3.05) is 16.8 Å². The minimum absolute atomic E-state index is 0.0313. The van der Waals surface area contributed by atoms with Gasteiger partial charge in [-0.15, -0.1) is 0 Å². The van der Waals surface area contributed by atoms with Crippen LogP contribution in [0.4, 0.5) is 17.3 Å². The van der Waals surface area contributed by atoms with E-state index in [9.17, 15) is 18.2 Å². The van der Waals surface area contributed by atoms with Crippen LogP contribution in [0.2, 0.25) is 0 Å². The molecule has 27 heavy (non-hydrogen) atoms. The van der Waals surface area contributed by atoms with Crippen LogP contribution in [0.15, 0.2) is 34.2 Å². The molecule has 1 aromatic carbocycles. The topological polar surface area (TPSA) is 203 Å². The van der Waals surface area contributed by atoms with Crippen molar-refractivity contribution in [3.63, 3.8) is 0 Å². The van der Waals surface area contributed by atoms with Crippen LogP contribution >= 0.6 is 0 Å². The highest BCUT2D eigenvalue weighted by Gasteiger charge is 2.32. The van der Waals surface area contributed by atoms with Crippen LogP contribution in [-0.4, -0.2) is 23.9 Å². The van der Waals surface area contributed by atoms with Gasteiger partial charge in [-0.05, 0) is 6.07 Å². The number of nitrogens with two attached hydrogens (primary N) is 2. The van der Waals surface area contributed by atoms with Gasteiger partial charge in [0.25, 0.3) is 10.1 Å². The van der Waals surface area contributed by atoms with E-state index in [2.05, 4.69) is 20.6 Å². The maximum Gasteiger partial charge on any atom is 0.294 e. The first kappa shape index (κ1) is 17.9. The molecule has 0 saturated carbocycles. The number of rotatable bonds is 2. The van der Waals surface area contributed by atoms with Crippen LogP contribution in [0.1, 0.15) is 22.7 Å². The average molecular weight is 384 g/mol. The van der Waals surface area contributed by atoms with Gasteiger partial charge in [0, 0.05) is 11.1 Å². The van der Waals surface area contributed by atoms with Crippen LogP contribution in [0, 0.1) is 22.8 Å². The van der Waals surface area contributed by atoms with Crippen molar-refractivity contribution in [3.8, 4) is 12.3 Å². The summed E-state index contributed by atoms with van der Waals surface area (Å²) in [4.78, 5) is 7.93. The number of guanidine groups is 1. The number of benzene rings is 1. The number of pyridine rings is 1. The molecule has 7 N–H and O–H groups in total. The number of aliphatic imine (C=N–C) groups is 1. The number of aromatic nitrogens is 1. The van der Waals surface area contributed by atoms with Crippen molar-refractivity contribution in [2.24, 2.45) is 4.99 Å². The van der Waals surface area contributed by atoms with E-state index in [1.807, 2.05) is 6.07 Å². The molecule has 0 saturated heterocycles. The second-order valence-electron chi connectivity index (χ2n) is 5.41. The molecule has 0 fully saturated rings. The van der Waals surface area contributed by atoms with E-state index in [0.717, 1.165) is 0 Å². The number of hydrogen-bond donors (Lipinski definition) is 5. The molecule has 0 aliphatic carbocycles. The summed E-state index contributed by atoms with van der Waals surface area (Å²) in [6.45, 7) is 0. The minimum atomic E-state index is -4.58. The molecule has 11 nitrogen and oxygen atoms in total. The molecule has 136 valence electrons. The van der Waals surface area contributed by atoms with Crippen LogP contribution in [0.25, 0.3) is 0 Å². The van der Waals surface area contributed by atoms with E-state index in [1.165, 1.54) is 18.2 Å². The molecular weight excluding hydrogens is 372 g/mol. The van der Waals surface area contributed by atoms with Crippen LogP contribution in [0.3, 0.4) is 0 Å². The Bertz CT molecular complexity index is 1160. The molecule has 1 atom stereocenters. The highest BCUT2D eigenvalue weighted by molar-refractivity contribution is 7.85. The first-order valence-electron chi connectivity index (χ1n) is 7.33. The first-order valence-corrected chi connectivity index (χ1v) is 8.77. The van der Waals surface area contributed by atoms with Gasteiger partial charge in [0.1, 0.15) is 29.3 Å². The zero-order chi connectivity index (χ0) is 19.8. The highest BCUT2D eigenvalue weighted by atomic mass is 32.2. The van der Waals surface area contributed by atoms with Gasteiger partial charge in [-0.2, -0.15) is 18.9 Å². The third kappa shape index (κ3) is 3.06. The third-order valence-corrected chi connectivity index (χ3v) is 4.78. The summed E-state index contributed by atoms with van der Waals surface area (Å²) in [6.07, 6.45) is 1.68. The Kier molecular flexibility index (Phi) is 4.29. The van der Waals surface area contributed by atoms with Crippen LogP contribution in [-0.2, 0) is 10.1 Å². The number of nitriles is 2. The van der Waals surface area contributed by atoms with Crippen LogP contribution in [0.5, 0.6) is 0 Å². The van der Waals surface area contributed by atoms with Crippen molar-refractivity contribution in [1.82, 2.24) is 10.3 Å². The SMILES string of the molecule is N#CNC1=NC(c2ccccc2S(=O)(=O)O)c2c(nc(N)c(C#N)c2N)N1. The maximum absolute atomic E-state index is 11.8. The van der Waals surface area contributed by atoms with Gasteiger partial charge < -0.3 is 16.8 Å². The van der Waals surface area contributed by atoms with E-state index < -0.39 is 21.1 Å². The largest absolute Gasteiger partial charge is 0.397 e. The van der Waals surface area contributed by atoms with E-state index in [4.69, 9.17) is 16.7 Å². The quantitative estimate of drug-likeness (QED) is 0.272. The fraction of sp³-hybridized carbons (Fsp3) is 0.0667. The van der Waals surface area contributed by atoms with Gasteiger partial charge in [-0.25, -0.2) is 9.98 Å². The third-order valence-electron chi connectivity index (χ3n) is 3.85. The lowest BCUT2D eigenvalue weighted by Crippen LogP contribution is -2.33. The van der Waals surface area contributed by atoms with E-state index >= 15 is 0 Å². The number of nitrogens with one attached hydrogen (secondary N) is 2. The highest BCUT2D eigenvalue weighted by Crippen LogP contribution is 2.42. The summed E-state index contributed by atoms with van der Waals surface area (Å²) in [5, 5.41) is 23.2. The summed E-state index contributed by atoms with van der Waals surface area (Å²) in [6, 6.07) is 6.37. The number of fused-ring (bicyclic) bond motifs is 1. The van der Waals surface area contributed by atoms with Crippen molar-refractivity contribution in [2.45, 2.75) is 10.9 Å². The summed E-state index contributed by atoms with van der Waals surface area (Å²) >= 11 is 0. The summed E-state index contributed by atoms with van der Waals surface area (Å²) in [5.74, 6) is -0.0655. The Morgan fingerprint density at radius 2 is 1.96 bits per heavy atom. The molecule has 3 rings (SSSR count). The van der Waals surface area contributed by atoms with E-state index in [0.29, 0.717) is 0 Å². The molecule has 1 unspecified atom stereocenters. The fourth-order valence-corrected chi connectivity index (χ4v) is 3.48. The minimum Gasteiger partial charge on any atom is -0.397 e. The van der Waals surface area contributed by atoms with Gasteiger partial charge >= 0.3 is 0 Å². The number of hydrogen-bond acceptors (Lipinski definition) is 10. The van der Waals surface area contributed by atoms with Gasteiger partial charge in [0.2, 0.25) is 5.96 Å². The van der Waals surface area contributed by atoms with Gasteiger partial charge in [0.05, 0.1) is 10.6 Å². The predicted molar refractivity (Wildman–Crippen MR) is 95.7 cm³/mol.